The van der Waals surface area contributed by atoms with Crippen LogP contribution in [0.15, 0.2) is 70.0 Å². The predicted octanol–water partition coefficient (Wildman–Crippen LogP) is 3.75. The lowest BCUT2D eigenvalue weighted by molar-refractivity contribution is -0.118. The molecule has 8 heteroatoms. The van der Waals surface area contributed by atoms with Crippen molar-refractivity contribution >= 4 is 17.2 Å². The minimum absolute atomic E-state index is 0.0824. The number of hydrogen-bond acceptors (Lipinski definition) is 6. The second-order valence-electron chi connectivity index (χ2n) is 7.23. The van der Waals surface area contributed by atoms with Crippen LogP contribution < -0.4 is 20.3 Å². The largest absolute Gasteiger partial charge is 0.487 e. The molecule has 2 heterocycles. The quantitative estimate of drug-likeness (QED) is 0.455. The summed E-state index contributed by atoms with van der Waals surface area (Å²) in [5.74, 6) is 1.58. The standard InChI is InChI=1S/C24H23N3O5/c1-3-17-4-8-20(9-5-17)31-15-23(28)26-18-6-10-21(11-7-18)30-14-19-13-24(29)27-22(25-19)12-16(2)32-27/h4-13H,3,14-15H2,1-2H3,(H,26,28). The Morgan fingerprint density at radius 1 is 1.03 bits per heavy atom. The molecule has 0 atom stereocenters. The van der Waals surface area contributed by atoms with Crippen molar-refractivity contribution in [1.29, 1.82) is 0 Å². The minimum atomic E-state index is -0.303. The molecule has 4 rings (SSSR count). The number of nitrogens with zero attached hydrogens (tertiary/aromatic N) is 2. The van der Waals surface area contributed by atoms with E-state index in [9.17, 15) is 9.59 Å². The molecule has 2 aromatic carbocycles. The molecule has 4 aromatic rings. The molecular weight excluding hydrogens is 410 g/mol. The van der Waals surface area contributed by atoms with Gasteiger partial charge in [0.05, 0.1) is 5.69 Å². The Labute approximate surface area is 184 Å². The molecule has 0 saturated heterocycles. The van der Waals surface area contributed by atoms with Gasteiger partial charge in [0, 0.05) is 17.8 Å². The van der Waals surface area contributed by atoms with Gasteiger partial charge in [-0.15, -0.1) is 4.57 Å². The highest BCUT2D eigenvalue weighted by atomic mass is 16.5. The third kappa shape index (κ3) is 5.15. The third-order valence-corrected chi connectivity index (χ3v) is 4.75. The number of carbonyl (C=O) groups is 1. The van der Waals surface area contributed by atoms with E-state index in [0.29, 0.717) is 34.3 Å². The van der Waals surface area contributed by atoms with Crippen molar-refractivity contribution in [2.24, 2.45) is 0 Å². The van der Waals surface area contributed by atoms with Gasteiger partial charge in [0.2, 0.25) is 0 Å². The maximum atomic E-state index is 12.1. The van der Waals surface area contributed by atoms with Crippen LogP contribution in [0.4, 0.5) is 5.69 Å². The van der Waals surface area contributed by atoms with Crippen molar-refractivity contribution in [3.63, 3.8) is 0 Å². The van der Waals surface area contributed by atoms with Crippen LogP contribution in [0.2, 0.25) is 0 Å². The number of anilines is 1. The molecule has 32 heavy (non-hydrogen) atoms. The number of nitrogens with one attached hydrogen (secondary N) is 1. The maximum Gasteiger partial charge on any atom is 0.287 e. The molecule has 0 aliphatic carbocycles. The van der Waals surface area contributed by atoms with Crippen molar-refractivity contribution < 1.29 is 18.8 Å². The van der Waals surface area contributed by atoms with Gasteiger partial charge < -0.3 is 19.3 Å². The highest BCUT2D eigenvalue weighted by Crippen LogP contribution is 2.17. The van der Waals surface area contributed by atoms with Crippen LogP contribution in [-0.2, 0) is 17.8 Å². The van der Waals surface area contributed by atoms with Gasteiger partial charge in [0.1, 0.15) is 23.9 Å². The number of benzene rings is 2. The predicted molar refractivity (Wildman–Crippen MR) is 119 cm³/mol. The van der Waals surface area contributed by atoms with E-state index in [2.05, 4.69) is 17.2 Å². The Morgan fingerprint density at radius 2 is 1.72 bits per heavy atom. The van der Waals surface area contributed by atoms with Gasteiger partial charge in [0.25, 0.3) is 11.5 Å². The molecule has 0 fully saturated rings. The van der Waals surface area contributed by atoms with Crippen LogP contribution in [0.25, 0.3) is 5.65 Å². The summed E-state index contributed by atoms with van der Waals surface area (Å²) in [5.41, 5.74) is 2.47. The molecule has 0 saturated carbocycles. The molecule has 0 spiro atoms. The molecule has 1 amide bonds. The Bertz CT molecular complexity index is 1270. The van der Waals surface area contributed by atoms with Crippen LogP contribution >= 0.6 is 0 Å². The number of rotatable bonds is 8. The first-order valence-electron chi connectivity index (χ1n) is 10.2. The number of carbonyl (C=O) groups excluding carboxylic acids is 1. The van der Waals surface area contributed by atoms with Crippen molar-refractivity contribution in [3.05, 3.63) is 88.0 Å². The summed E-state index contributed by atoms with van der Waals surface area (Å²) in [5, 5.41) is 2.78. The van der Waals surface area contributed by atoms with E-state index in [4.69, 9.17) is 14.0 Å². The van der Waals surface area contributed by atoms with Gasteiger partial charge in [-0.2, -0.15) is 0 Å². The average molecular weight is 433 g/mol. The lowest BCUT2D eigenvalue weighted by atomic mass is 10.2. The van der Waals surface area contributed by atoms with E-state index in [1.165, 1.54) is 11.6 Å². The molecule has 0 aliphatic heterocycles. The normalized spacial score (nSPS) is 10.8. The van der Waals surface area contributed by atoms with Crippen LogP contribution in [0, 0.1) is 6.92 Å². The van der Waals surface area contributed by atoms with Gasteiger partial charge in [0.15, 0.2) is 12.3 Å². The molecule has 0 unspecified atom stereocenters. The zero-order valence-corrected chi connectivity index (χ0v) is 17.8. The Balaban J connectivity index is 1.29. The van der Waals surface area contributed by atoms with E-state index in [1.807, 2.05) is 24.3 Å². The fraction of sp³-hybridized carbons (Fsp3) is 0.208. The fourth-order valence-electron chi connectivity index (χ4n) is 3.11. The molecule has 0 radical (unpaired) electrons. The highest BCUT2D eigenvalue weighted by molar-refractivity contribution is 5.91. The van der Waals surface area contributed by atoms with E-state index in [-0.39, 0.29) is 24.7 Å². The summed E-state index contributed by atoms with van der Waals surface area (Å²) in [7, 11) is 0. The molecule has 0 aliphatic rings. The monoisotopic (exact) mass is 433 g/mol. The topological polar surface area (TPSA) is 95.1 Å². The summed E-state index contributed by atoms with van der Waals surface area (Å²) >= 11 is 0. The van der Waals surface area contributed by atoms with Crippen molar-refractivity contribution in [2.45, 2.75) is 26.9 Å². The third-order valence-electron chi connectivity index (χ3n) is 4.75. The van der Waals surface area contributed by atoms with Crippen molar-refractivity contribution in [3.8, 4) is 11.5 Å². The molecule has 2 aromatic heterocycles. The number of aryl methyl sites for hydroxylation is 2. The Kier molecular flexibility index (Phi) is 6.21. The number of ether oxygens (including phenoxy) is 2. The van der Waals surface area contributed by atoms with E-state index in [1.54, 1.807) is 37.3 Å². The molecule has 164 valence electrons. The zero-order chi connectivity index (χ0) is 22.5. The zero-order valence-electron chi connectivity index (χ0n) is 17.8. The molecule has 8 nitrogen and oxygen atoms in total. The molecule has 0 bridgehead atoms. The first kappa shape index (κ1) is 21.2. The van der Waals surface area contributed by atoms with Gasteiger partial charge >= 0.3 is 0 Å². The van der Waals surface area contributed by atoms with E-state index in [0.717, 1.165) is 11.0 Å². The number of hydrogen-bond donors (Lipinski definition) is 1. The van der Waals surface area contributed by atoms with Crippen molar-refractivity contribution in [1.82, 2.24) is 9.56 Å². The van der Waals surface area contributed by atoms with Crippen LogP contribution in [0.5, 0.6) is 11.5 Å². The van der Waals surface area contributed by atoms with Gasteiger partial charge in [-0.05, 0) is 55.3 Å². The van der Waals surface area contributed by atoms with Crippen molar-refractivity contribution in [2.75, 3.05) is 11.9 Å². The van der Waals surface area contributed by atoms with E-state index >= 15 is 0 Å². The summed E-state index contributed by atoms with van der Waals surface area (Å²) in [6.07, 6.45) is 0.953. The van der Waals surface area contributed by atoms with Crippen LogP contribution in [-0.4, -0.2) is 22.1 Å². The summed E-state index contributed by atoms with van der Waals surface area (Å²) < 4.78 is 17.6. The average Bonchev–Trinajstić information content (AvgIpc) is 3.18. The summed E-state index contributed by atoms with van der Waals surface area (Å²) in [6, 6.07) is 17.6. The number of fused-ring (bicyclic) bond motifs is 1. The molecular formula is C24H23N3O5. The molecule has 1 N–H and O–H groups in total. The van der Waals surface area contributed by atoms with Gasteiger partial charge in [-0.3, -0.25) is 9.59 Å². The first-order chi connectivity index (χ1) is 15.5. The summed E-state index contributed by atoms with van der Waals surface area (Å²) in [6.45, 7) is 3.88. The van der Waals surface area contributed by atoms with Gasteiger partial charge in [-0.1, -0.05) is 19.1 Å². The maximum absolute atomic E-state index is 12.1. The van der Waals surface area contributed by atoms with Gasteiger partial charge in [-0.25, -0.2) is 4.98 Å². The van der Waals surface area contributed by atoms with Crippen LogP contribution in [0.3, 0.4) is 0 Å². The Hall–Kier alpha value is -4.07. The smallest absolute Gasteiger partial charge is 0.287 e. The number of aromatic nitrogens is 2. The van der Waals surface area contributed by atoms with E-state index < -0.39 is 0 Å². The lowest BCUT2D eigenvalue weighted by Crippen LogP contribution is -2.20. The summed E-state index contributed by atoms with van der Waals surface area (Å²) in [4.78, 5) is 28.6. The highest BCUT2D eigenvalue weighted by Gasteiger charge is 2.08. The van der Waals surface area contributed by atoms with Crippen LogP contribution in [0.1, 0.15) is 23.9 Å². The number of amides is 1. The first-order valence-corrected chi connectivity index (χ1v) is 10.2. The Morgan fingerprint density at radius 3 is 2.44 bits per heavy atom. The minimum Gasteiger partial charge on any atom is -0.487 e. The fourth-order valence-corrected chi connectivity index (χ4v) is 3.11. The second-order valence-corrected chi connectivity index (χ2v) is 7.23. The lowest BCUT2D eigenvalue weighted by Gasteiger charge is -2.09. The second kappa shape index (κ2) is 9.38. The SMILES string of the molecule is CCc1ccc(OCC(=O)Nc2ccc(OCc3cc(=O)n4oc(C)cc4n3)cc2)cc1.